The Kier molecular flexibility index (Phi) is 4.62. The molecule has 21 heavy (non-hydrogen) atoms. The van der Waals surface area contributed by atoms with E-state index in [4.69, 9.17) is 10.5 Å². The van der Waals surface area contributed by atoms with Crippen molar-refractivity contribution in [1.29, 1.82) is 0 Å². The molecule has 0 atom stereocenters. The molecule has 2 N–H and O–H groups in total. The number of nitrogens with zero attached hydrogens (tertiary/aromatic N) is 2. The van der Waals surface area contributed by atoms with Gasteiger partial charge in [-0.1, -0.05) is 38.1 Å². The maximum absolute atomic E-state index is 11.7. The molecule has 0 amide bonds. The highest BCUT2D eigenvalue weighted by Crippen LogP contribution is 2.17. The van der Waals surface area contributed by atoms with Crippen LogP contribution in [0.1, 0.15) is 48.3 Å². The van der Waals surface area contributed by atoms with Crippen molar-refractivity contribution in [2.24, 2.45) is 0 Å². The second-order valence-electron chi connectivity index (χ2n) is 5.22. The maximum Gasteiger partial charge on any atom is 0.360 e. The summed E-state index contributed by atoms with van der Waals surface area (Å²) in [5, 5.41) is 0. The summed E-state index contributed by atoms with van der Waals surface area (Å²) in [6, 6.07) is 8.36. The zero-order valence-corrected chi connectivity index (χ0v) is 12.7. The van der Waals surface area contributed by atoms with Gasteiger partial charge in [0.25, 0.3) is 0 Å². The van der Waals surface area contributed by atoms with Crippen molar-refractivity contribution in [2.45, 2.75) is 33.2 Å². The first-order chi connectivity index (χ1) is 10.0. The van der Waals surface area contributed by atoms with Crippen molar-refractivity contribution in [3.63, 3.8) is 0 Å². The van der Waals surface area contributed by atoms with Gasteiger partial charge >= 0.3 is 5.97 Å². The molecule has 0 aliphatic heterocycles. The molecule has 0 fully saturated rings. The highest BCUT2D eigenvalue weighted by Gasteiger charge is 2.16. The number of benzene rings is 1. The van der Waals surface area contributed by atoms with Crippen LogP contribution in [0.25, 0.3) is 0 Å². The molecule has 0 saturated heterocycles. The molecule has 0 aliphatic rings. The van der Waals surface area contributed by atoms with Crippen molar-refractivity contribution in [2.75, 3.05) is 12.3 Å². The third-order valence-electron chi connectivity index (χ3n) is 3.35. The quantitative estimate of drug-likeness (QED) is 0.858. The fraction of sp³-hybridized carbons (Fsp3) is 0.375. The molecule has 2 aromatic rings. The molecule has 5 nitrogen and oxygen atoms in total. The molecule has 0 spiro atoms. The second-order valence-corrected chi connectivity index (χ2v) is 5.22. The lowest BCUT2D eigenvalue weighted by Gasteiger charge is -2.09. The molecule has 1 aromatic heterocycles. The van der Waals surface area contributed by atoms with Gasteiger partial charge in [-0.2, -0.15) is 0 Å². The first-order valence-electron chi connectivity index (χ1n) is 7.09. The van der Waals surface area contributed by atoms with Crippen LogP contribution < -0.4 is 5.73 Å². The molecule has 0 aliphatic carbocycles. The summed E-state index contributed by atoms with van der Waals surface area (Å²) in [7, 11) is 0. The molecule has 0 radical (unpaired) electrons. The Labute approximate surface area is 124 Å². The van der Waals surface area contributed by atoms with Gasteiger partial charge in [0.05, 0.1) is 19.5 Å². The molecule has 112 valence electrons. The average Bonchev–Trinajstić information content (AvgIpc) is 2.81. The van der Waals surface area contributed by atoms with Gasteiger partial charge in [0.1, 0.15) is 5.82 Å². The van der Waals surface area contributed by atoms with Gasteiger partial charge in [0, 0.05) is 0 Å². The van der Waals surface area contributed by atoms with E-state index in [1.54, 1.807) is 17.8 Å². The first-order valence-corrected chi connectivity index (χ1v) is 7.09. The Morgan fingerprint density at radius 3 is 2.57 bits per heavy atom. The molecular formula is C16H21N3O2. The van der Waals surface area contributed by atoms with Gasteiger partial charge in [-0.25, -0.2) is 9.78 Å². The zero-order valence-electron chi connectivity index (χ0n) is 12.7. The van der Waals surface area contributed by atoms with Gasteiger partial charge in [0.15, 0.2) is 5.69 Å². The summed E-state index contributed by atoms with van der Waals surface area (Å²) in [4.78, 5) is 15.7. The van der Waals surface area contributed by atoms with Crippen LogP contribution in [0.5, 0.6) is 0 Å². The van der Waals surface area contributed by atoms with Gasteiger partial charge in [-0.15, -0.1) is 0 Å². The van der Waals surface area contributed by atoms with Crippen molar-refractivity contribution in [3.8, 4) is 0 Å². The molecule has 0 unspecified atom stereocenters. The van der Waals surface area contributed by atoms with E-state index in [0.29, 0.717) is 24.9 Å². The summed E-state index contributed by atoms with van der Waals surface area (Å²) in [5.74, 6) is 0.359. The summed E-state index contributed by atoms with van der Waals surface area (Å²) >= 11 is 0. The summed E-state index contributed by atoms with van der Waals surface area (Å²) < 4.78 is 6.67. The second kappa shape index (κ2) is 6.43. The predicted octanol–water partition coefficient (Wildman–Crippen LogP) is 2.81. The Balaban J connectivity index is 2.15. The maximum atomic E-state index is 11.7. The predicted molar refractivity (Wildman–Crippen MR) is 82.2 cm³/mol. The van der Waals surface area contributed by atoms with Crippen molar-refractivity contribution >= 4 is 11.8 Å². The van der Waals surface area contributed by atoms with E-state index < -0.39 is 5.97 Å². The zero-order chi connectivity index (χ0) is 15.4. The third-order valence-corrected chi connectivity index (χ3v) is 3.35. The Bertz CT molecular complexity index is 615. The SMILES string of the molecule is CCOC(=O)c1ncn(Cc2ccc(C(C)C)cc2)c1N. The van der Waals surface area contributed by atoms with Crippen LogP contribution >= 0.6 is 0 Å². The lowest BCUT2D eigenvalue weighted by atomic mass is 10.0. The lowest BCUT2D eigenvalue weighted by Crippen LogP contribution is -2.10. The number of rotatable bonds is 5. The van der Waals surface area contributed by atoms with E-state index in [0.717, 1.165) is 5.56 Å². The highest BCUT2D eigenvalue weighted by atomic mass is 16.5. The van der Waals surface area contributed by atoms with Crippen LogP contribution in [-0.4, -0.2) is 22.1 Å². The minimum Gasteiger partial charge on any atom is -0.461 e. The minimum absolute atomic E-state index is 0.177. The summed E-state index contributed by atoms with van der Waals surface area (Å²) in [6.07, 6.45) is 1.57. The molecule has 0 bridgehead atoms. The molecule has 1 heterocycles. The van der Waals surface area contributed by atoms with E-state index in [1.807, 2.05) is 0 Å². The van der Waals surface area contributed by atoms with Gasteiger partial charge < -0.3 is 15.0 Å². The number of hydrogen-bond donors (Lipinski definition) is 1. The van der Waals surface area contributed by atoms with E-state index in [1.165, 1.54) is 5.56 Å². The number of nitrogens with two attached hydrogens (primary N) is 1. The standard InChI is InChI=1S/C16H21N3O2/c1-4-21-16(20)14-15(17)19(10-18-14)9-12-5-7-13(8-6-12)11(2)3/h5-8,10-11H,4,9,17H2,1-3H3. The Hall–Kier alpha value is -2.30. The van der Waals surface area contributed by atoms with Crippen LogP contribution in [-0.2, 0) is 11.3 Å². The van der Waals surface area contributed by atoms with Gasteiger partial charge in [-0.05, 0) is 24.0 Å². The Morgan fingerprint density at radius 1 is 1.33 bits per heavy atom. The lowest BCUT2D eigenvalue weighted by molar-refractivity contribution is 0.0521. The monoisotopic (exact) mass is 287 g/mol. The number of carbonyl (C=O) groups excluding carboxylic acids is 1. The number of hydrogen-bond acceptors (Lipinski definition) is 4. The number of nitrogen functional groups attached to an aromatic ring is 1. The van der Waals surface area contributed by atoms with E-state index in [2.05, 4.69) is 43.1 Å². The number of esters is 1. The topological polar surface area (TPSA) is 70.1 Å². The molecule has 5 heteroatoms. The van der Waals surface area contributed by atoms with Crippen LogP contribution in [0, 0.1) is 0 Å². The number of carbonyl (C=O) groups is 1. The largest absolute Gasteiger partial charge is 0.461 e. The molecular weight excluding hydrogens is 266 g/mol. The number of ether oxygens (including phenoxy) is 1. The van der Waals surface area contributed by atoms with E-state index in [-0.39, 0.29) is 5.69 Å². The highest BCUT2D eigenvalue weighted by molar-refractivity contribution is 5.92. The van der Waals surface area contributed by atoms with Crippen LogP contribution in [0.15, 0.2) is 30.6 Å². The van der Waals surface area contributed by atoms with Crippen molar-refractivity contribution in [1.82, 2.24) is 9.55 Å². The molecule has 1 aromatic carbocycles. The van der Waals surface area contributed by atoms with Crippen LogP contribution in [0.2, 0.25) is 0 Å². The number of anilines is 1. The van der Waals surface area contributed by atoms with Crippen LogP contribution in [0.3, 0.4) is 0 Å². The third kappa shape index (κ3) is 3.42. The van der Waals surface area contributed by atoms with E-state index in [9.17, 15) is 4.79 Å². The fourth-order valence-electron chi connectivity index (χ4n) is 2.08. The number of aromatic nitrogens is 2. The van der Waals surface area contributed by atoms with Gasteiger partial charge in [0.2, 0.25) is 0 Å². The summed E-state index contributed by atoms with van der Waals surface area (Å²) in [6.45, 7) is 6.96. The van der Waals surface area contributed by atoms with Crippen molar-refractivity contribution < 1.29 is 9.53 Å². The van der Waals surface area contributed by atoms with Gasteiger partial charge in [-0.3, -0.25) is 0 Å². The van der Waals surface area contributed by atoms with E-state index >= 15 is 0 Å². The Morgan fingerprint density at radius 2 is 2.00 bits per heavy atom. The smallest absolute Gasteiger partial charge is 0.360 e. The van der Waals surface area contributed by atoms with Crippen molar-refractivity contribution in [3.05, 3.63) is 47.4 Å². The number of imidazole rings is 1. The fourth-order valence-corrected chi connectivity index (χ4v) is 2.08. The first kappa shape index (κ1) is 15.1. The normalized spacial score (nSPS) is 10.9. The molecule has 2 rings (SSSR count). The van der Waals surface area contributed by atoms with Crippen LogP contribution in [0.4, 0.5) is 5.82 Å². The average molecular weight is 287 g/mol. The molecule has 0 saturated carbocycles. The minimum atomic E-state index is -0.482. The summed E-state index contributed by atoms with van der Waals surface area (Å²) in [5.41, 5.74) is 8.54.